The van der Waals surface area contributed by atoms with E-state index in [0.717, 1.165) is 5.75 Å². The first kappa shape index (κ1) is 20.3. The van der Waals surface area contributed by atoms with Crippen LogP contribution in [0, 0.1) is 11.7 Å². The van der Waals surface area contributed by atoms with Crippen LogP contribution in [0.5, 0.6) is 5.88 Å². The van der Waals surface area contributed by atoms with Gasteiger partial charge in [0.2, 0.25) is 23.2 Å². The number of amides is 1. The van der Waals surface area contributed by atoms with Crippen LogP contribution in [0.2, 0.25) is 0 Å². The van der Waals surface area contributed by atoms with Gasteiger partial charge in [0.15, 0.2) is 5.69 Å². The zero-order valence-electron chi connectivity index (χ0n) is 16.9. The standard InChI is InChI=1S/C22H21FN4O2S/c1-13(2)12-30-22-24-20-19(25-26-22)16-9-5-7-11-18(16)27(14(3)28)21(29-20)15-8-4-6-10-17(15)23/h4-11,13,21H,12H2,1-3H3. The topological polar surface area (TPSA) is 68.2 Å². The van der Waals surface area contributed by atoms with Gasteiger partial charge in [-0.2, -0.15) is 4.98 Å². The summed E-state index contributed by atoms with van der Waals surface area (Å²) in [5.74, 6) is 0.754. The Hall–Kier alpha value is -3.00. The number of ether oxygens (including phenoxy) is 1. The van der Waals surface area contributed by atoms with Gasteiger partial charge in [0.1, 0.15) is 5.82 Å². The second-order valence-corrected chi connectivity index (χ2v) is 8.34. The molecule has 3 aromatic rings. The van der Waals surface area contributed by atoms with Crippen LogP contribution in [0.25, 0.3) is 11.3 Å². The summed E-state index contributed by atoms with van der Waals surface area (Å²) in [6, 6.07) is 13.5. The maximum absolute atomic E-state index is 14.7. The first-order valence-electron chi connectivity index (χ1n) is 9.63. The minimum Gasteiger partial charge on any atom is -0.447 e. The van der Waals surface area contributed by atoms with Crippen LogP contribution in [-0.4, -0.2) is 26.8 Å². The molecule has 0 saturated heterocycles. The minimum atomic E-state index is -1.02. The van der Waals surface area contributed by atoms with Gasteiger partial charge in [-0.15, -0.1) is 10.2 Å². The van der Waals surface area contributed by atoms with E-state index < -0.39 is 12.0 Å². The molecule has 6 nitrogen and oxygen atoms in total. The van der Waals surface area contributed by atoms with Crippen molar-refractivity contribution in [2.75, 3.05) is 10.7 Å². The lowest BCUT2D eigenvalue weighted by atomic mass is 10.1. The molecule has 4 rings (SSSR count). The number of hydrogen-bond donors (Lipinski definition) is 0. The van der Waals surface area contributed by atoms with Crippen molar-refractivity contribution in [2.24, 2.45) is 5.92 Å². The van der Waals surface area contributed by atoms with E-state index in [1.54, 1.807) is 24.3 Å². The van der Waals surface area contributed by atoms with E-state index in [1.165, 1.54) is 29.7 Å². The zero-order valence-corrected chi connectivity index (χ0v) is 17.7. The fourth-order valence-electron chi connectivity index (χ4n) is 3.23. The number of rotatable bonds is 4. The van der Waals surface area contributed by atoms with Crippen LogP contribution in [0.15, 0.2) is 53.7 Å². The highest BCUT2D eigenvalue weighted by atomic mass is 32.2. The molecule has 30 heavy (non-hydrogen) atoms. The number of para-hydroxylation sites is 1. The van der Waals surface area contributed by atoms with Crippen molar-refractivity contribution in [3.8, 4) is 17.1 Å². The maximum Gasteiger partial charge on any atom is 0.247 e. The molecule has 0 aliphatic carbocycles. The molecular formula is C22H21FN4O2S. The van der Waals surface area contributed by atoms with Gasteiger partial charge >= 0.3 is 0 Å². The average Bonchev–Trinajstić information content (AvgIpc) is 2.86. The van der Waals surface area contributed by atoms with Crippen molar-refractivity contribution >= 4 is 23.4 Å². The van der Waals surface area contributed by atoms with E-state index in [1.807, 2.05) is 18.2 Å². The first-order valence-corrected chi connectivity index (χ1v) is 10.6. The lowest BCUT2D eigenvalue weighted by molar-refractivity contribution is -0.118. The summed E-state index contributed by atoms with van der Waals surface area (Å²) in [5.41, 5.74) is 1.88. The number of fused-ring (bicyclic) bond motifs is 3. The molecule has 0 bridgehead atoms. The summed E-state index contributed by atoms with van der Waals surface area (Å²) in [5, 5.41) is 9.06. The molecule has 1 aromatic heterocycles. The van der Waals surface area contributed by atoms with Crippen molar-refractivity contribution in [3.05, 3.63) is 59.9 Å². The molecule has 0 fully saturated rings. The third-order valence-electron chi connectivity index (χ3n) is 4.57. The Morgan fingerprint density at radius 1 is 1.17 bits per heavy atom. The SMILES string of the molecule is CC(=O)N1c2ccccc2-c2nnc(SCC(C)C)nc2OC1c1ccccc1F. The smallest absolute Gasteiger partial charge is 0.247 e. The molecule has 0 radical (unpaired) electrons. The second-order valence-electron chi connectivity index (χ2n) is 7.35. The van der Waals surface area contributed by atoms with Crippen molar-refractivity contribution < 1.29 is 13.9 Å². The van der Waals surface area contributed by atoms with Crippen molar-refractivity contribution in [1.82, 2.24) is 15.2 Å². The minimum absolute atomic E-state index is 0.223. The van der Waals surface area contributed by atoms with Crippen molar-refractivity contribution in [2.45, 2.75) is 32.2 Å². The second kappa shape index (κ2) is 8.39. The molecule has 2 heterocycles. The Bertz CT molecular complexity index is 1090. The highest BCUT2D eigenvalue weighted by Crippen LogP contribution is 2.43. The third-order valence-corrected chi connectivity index (χ3v) is 5.83. The van der Waals surface area contributed by atoms with Gasteiger partial charge in [0, 0.05) is 23.8 Å². The number of thioether (sulfide) groups is 1. The average molecular weight is 425 g/mol. The van der Waals surface area contributed by atoms with Crippen LogP contribution in [0.4, 0.5) is 10.1 Å². The number of aromatic nitrogens is 3. The van der Waals surface area contributed by atoms with Crippen molar-refractivity contribution in [1.29, 1.82) is 0 Å². The largest absolute Gasteiger partial charge is 0.447 e. The van der Waals surface area contributed by atoms with E-state index in [9.17, 15) is 9.18 Å². The number of carbonyl (C=O) groups excluding carboxylic acids is 1. The number of nitrogens with zero attached hydrogens (tertiary/aromatic N) is 4. The number of carbonyl (C=O) groups is 1. The van der Waals surface area contributed by atoms with E-state index in [-0.39, 0.29) is 17.4 Å². The summed E-state index contributed by atoms with van der Waals surface area (Å²) in [6.07, 6.45) is -1.02. The quantitative estimate of drug-likeness (QED) is 0.557. The molecule has 1 unspecified atom stereocenters. The monoisotopic (exact) mass is 424 g/mol. The van der Waals surface area contributed by atoms with Crippen LogP contribution in [-0.2, 0) is 4.79 Å². The molecule has 0 N–H and O–H groups in total. The molecule has 1 aliphatic heterocycles. The van der Waals surface area contributed by atoms with Gasteiger partial charge in [0.05, 0.1) is 5.69 Å². The third kappa shape index (κ3) is 3.87. The first-order chi connectivity index (χ1) is 14.5. The number of anilines is 1. The Balaban J connectivity index is 1.89. The van der Waals surface area contributed by atoms with Gasteiger partial charge in [-0.1, -0.05) is 62.0 Å². The Morgan fingerprint density at radius 3 is 2.63 bits per heavy atom. The van der Waals surface area contributed by atoms with E-state index in [0.29, 0.717) is 28.0 Å². The molecule has 1 atom stereocenters. The number of benzene rings is 2. The summed E-state index contributed by atoms with van der Waals surface area (Å²) in [4.78, 5) is 18.6. The molecule has 8 heteroatoms. The predicted molar refractivity (Wildman–Crippen MR) is 114 cm³/mol. The molecule has 0 saturated carbocycles. The molecule has 1 amide bonds. The van der Waals surface area contributed by atoms with Crippen LogP contribution < -0.4 is 9.64 Å². The van der Waals surface area contributed by atoms with Crippen LogP contribution in [0.3, 0.4) is 0 Å². The Morgan fingerprint density at radius 2 is 1.90 bits per heavy atom. The van der Waals surface area contributed by atoms with Gasteiger partial charge in [-0.3, -0.25) is 9.69 Å². The van der Waals surface area contributed by atoms with Crippen LogP contribution >= 0.6 is 11.8 Å². The number of halogens is 1. The van der Waals surface area contributed by atoms with Crippen molar-refractivity contribution in [3.63, 3.8) is 0 Å². The molecule has 2 aromatic carbocycles. The highest BCUT2D eigenvalue weighted by Gasteiger charge is 2.35. The Labute approximate surface area is 178 Å². The fraction of sp³-hybridized carbons (Fsp3) is 0.273. The normalized spacial score (nSPS) is 15.2. The van der Waals surface area contributed by atoms with E-state index >= 15 is 0 Å². The number of hydrogen-bond acceptors (Lipinski definition) is 6. The summed E-state index contributed by atoms with van der Waals surface area (Å²) < 4.78 is 20.9. The maximum atomic E-state index is 14.7. The molecule has 1 aliphatic rings. The van der Waals surface area contributed by atoms with Gasteiger partial charge in [-0.25, -0.2) is 4.39 Å². The summed E-state index contributed by atoms with van der Waals surface area (Å²) >= 11 is 1.48. The lowest BCUT2D eigenvalue weighted by Gasteiger charge is -2.30. The summed E-state index contributed by atoms with van der Waals surface area (Å²) in [7, 11) is 0. The van der Waals surface area contributed by atoms with E-state index in [2.05, 4.69) is 29.0 Å². The Kier molecular flexibility index (Phi) is 5.67. The van der Waals surface area contributed by atoms with Gasteiger partial charge in [0.25, 0.3) is 0 Å². The van der Waals surface area contributed by atoms with E-state index in [4.69, 9.17) is 4.74 Å². The molecule has 0 spiro atoms. The van der Waals surface area contributed by atoms with Gasteiger partial charge < -0.3 is 4.74 Å². The summed E-state index contributed by atoms with van der Waals surface area (Å²) in [6.45, 7) is 5.64. The fourth-order valence-corrected chi connectivity index (χ4v) is 3.96. The lowest BCUT2D eigenvalue weighted by Crippen LogP contribution is -2.36. The molecule has 154 valence electrons. The predicted octanol–water partition coefficient (Wildman–Crippen LogP) is 4.87. The highest BCUT2D eigenvalue weighted by molar-refractivity contribution is 7.99. The zero-order chi connectivity index (χ0) is 21.3. The molecular weight excluding hydrogens is 403 g/mol. The van der Waals surface area contributed by atoms with Gasteiger partial charge in [-0.05, 0) is 18.1 Å². The van der Waals surface area contributed by atoms with Crippen LogP contribution in [0.1, 0.15) is 32.6 Å².